The summed E-state index contributed by atoms with van der Waals surface area (Å²) in [4.78, 5) is 12.0. The number of nitrogens with zero attached hydrogens (tertiary/aromatic N) is 1. The molecular weight excluding hydrogens is 218 g/mol. The summed E-state index contributed by atoms with van der Waals surface area (Å²) >= 11 is 0. The van der Waals surface area contributed by atoms with Gasteiger partial charge in [-0.25, -0.2) is 4.79 Å². The maximum absolute atomic E-state index is 10.7. The highest BCUT2D eigenvalue weighted by molar-refractivity contribution is 5.64. The van der Waals surface area contributed by atoms with Crippen molar-refractivity contribution in [3.63, 3.8) is 0 Å². The van der Waals surface area contributed by atoms with Crippen molar-refractivity contribution in [2.24, 2.45) is 0 Å². The van der Waals surface area contributed by atoms with Crippen molar-refractivity contribution < 1.29 is 14.6 Å². The first-order valence-electron chi connectivity index (χ1n) is 5.68. The molecule has 0 aliphatic carbocycles. The first-order valence-corrected chi connectivity index (χ1v) is 5.68. The zero-order chi connectivity index (χ0) is 12.8. The fourth-order valence-corrected chi connectivity index (χ4v) is 1.63. The number of carboxylic acid groups (broad SMARTS) is 1. The van der Waals surface area contributed by atoms with E-state index in [1.54, 1.807) is 14.2 Å². The predicted octanol–water partition coefficient (Wildman–Crippen LogP) is 2.41. The van der Waals surface area contributed by atoms with Crippen molar-refractivity contribution in [1.29, 1.82) is 0 Å². The molecule has 0 aliphatic rings. The number of ether oxygens (including phenoxy) is 1. The van der Waals surface area contributed by atoms with Crippen LogP contribution in [0.5, 0.6) is 5.75 Å². The molecule has 4 nitrogen and oxygen atoms in total. The molecule has 0 aromatic heterocycles. The molecule has 1 aromatic carbocycles. The number of amides is 1. The third-order valence-corrected chi connectivity index (χ3v) is 2.80. The number of carbonyl (C=O) groups is 1. The largest absolute Gasteiger partial charge is 0.496 e. The summed E-state index contributed by atoms with van der Waals surface area (Å²) in [5, 5.41) is 8.78. The molecule has 4 heteroatoms. The smallest absolute Gasteiger partial charge is 0.407 e. The highest BCUT2D eigenvalue weighted by atomic mass is 16.5. The van der Waals surface area contributed by atoms with Gasteiger partial charge in [0.05, 0.1) is 7.11 Å². The Morgan fingerprint density at radius 1 is 1.47 bits per heavy atom. The summed E-state index contributed by atoms with van der Waals surface area (Å²) in [6, 6.07) is 6.05. The molecule has 0 spiro atoms. The van der Waals surface area contributed by atoms with Crippen molar-refractivity contribution in [2.75, 3.05) is 20.7 Å². The minimum atomic E-state index is -0.907. The molecule has 1 amide bonds. The van der Waals surface area contributed by atoms with Crippen molar-refractivity contribution in [2.45, 2.75) is 19.8 Å². The van der Waals surface area contributed by atoms with E-state index in [9.17, 15) is 4.79 Å². The molecule has 1 N–H and O–H groups in total. The average Bonchev–Trinajstić information content (AvgIpc) is 2.35. The number of likely N-dealkylation sites (N-methyl/N-ethyl adjacent to an activating group) is 1. The number of benzene rings is 1. The van der Waals surface area contributed by atoms with Crippen molar-refractivity contribution in [3.05, 3.63) is 29.3 Å². The van der Waals surface area contributed by atoms with E-state index < -0.39 is 6.09 Å². The van der Waals surface area contributed by atoms with Crippen LogP contribution in [0.1, 0.15) is 18.1 Å². The van der Waals surface area contributed by atoms with Gasteiger partial charge in [0.15, 0.2) is 0 Å². The van der Waals surface area contributed by atoms with Crippen molar-refractivity contribution >= 4 is 6.09 Å². The van der Waals surface area contributed by atoms with Gasteiger partial charge in [0.1, 0.15) is 5.75 Å². The fraction of sp³-hybridized carbons (Fsp3) is 0.462. The lowest BCUT2D eigenvalue weighted by Gasteiger charge is -2.15. The topological polar surface area (TPSA) is 49.8 Å². The predicted molar refractivity (Wildman–Crippen MR) is 66.7 cm³/mol. The number of aryl methyl sites for hydroxylation is 1. The normalized spacial score (nSPS) is 10.1. The van der Waals surface area contributed by atoms with Crippen LogP contribution in [0.3, 0.4) is 0 Å². The van der Waals surface area contributed by atoms with Gasteiger partial charge >= 0.3 is 6.09 Å². The number of hydrogen-bond donors (Lipinski definition) is 1. The molecule has 0 radical (unpaired) electrons. The lowest BCUT2D eigenvalue weighted by atomic mass is 10.1. The van der Waals surface area contributed by atoms with E-state index in [1.807, 2.05) is 12.1 Å². The van der Waals surface area contributed by atoms with Gasteiger partial charge in [-0.1, -0.05) is 19.1 Å². The Morgan fingerprint density at radius 3 is 2.71 bits per heavy atom. The van der Waals surface area contributed by atoms with Crippen molar-refractivity contribution in [1.82, 2.24) is 4.90 Å². The molecule has 0 heterocycles. The van der Waals surface area contributed by atoms with E-state index >= 15 is 0 Å². The minimum absolute atomic E-state index is 0.471. The number of rotatable bonds is 5. The van der Waals surface area contributed by atoms with E-state index in [0.29, 0.717) is 13.0 Å². The standard InChI is InChI=1S/C13H19NO3/c1-4-10-5-6-12(17-3)11(9-10)7-8-14(2)13(15)16/h5-6,9H,4,7-8H2,1-3H3,(H,15,16). The second-order valence-electron chi connectivity index (χ2n) is 3.95. The second-order valence-corrected chi connectivity index (χ2v) is 3.95. The number of methoxy groups -OCH3 is 1. The first kappa shape index (κ1) is 13.4. The Morgan fingerprint density at radius 2 is 2.18 bits per heavy atom. The zero-order valence-corrected chi connectivity index (χ0v) is 10.6. The van der Waals surface area contributed by atoms with Gasteiger partial charge in [-0.15, -0.1) is 0 Å². The highest BCUT2D eigenvalue weighted by Gasteiger charge is 2.08. The Labute approximate surface area is 102 Å². The van der Waals surface area contributed by atoms with Gasteiger partial charge < -0.3 is 14.7 Å². The van der Waals surface area contributed by atoms with Crippen LogP contribution >= 0.6 is 0 Å². The van der Waals surface area contributed by atoms with Gasteiger partial charge in [-0.05, 0) is 30.0 Å². The van der Waals surface area contributed by atoms with Crippen LogP contribution < -0.4 is 4.74 Å². The molecule has 0 fully saturated rings. The maximum atomic E-state index is 10.7. The molecule has 1 rings (SSSR count). The van der Waals surface area contributed by atoms with Crippen LogP contribution in [0.2, 0.25) is 0 Å². The van der Waals surface area contributed by atoms with Crippen LogP contribution in [0.4, 0.5) is 4.79 Å². The molecule has 0 saturated heterocycles. The van der Waals surface area contributed by atoms with Crippen LogP contribution in [-0.2, 0) is 12.8 Å². The molecule has 94 valence electrons. The van der Waals surface area contributed by atoms with Gasteiger partial charge in [-0.3, -0.25) is 0 Å². The lowest BCUT2D eigenvalue weighted by Crippen LogP contribution is -2.26. The average molecular weight is 237 g/mol. The van der Waals surface area contributed by atoms with Gasteiger partial charge in [0, 0.05) is 13.6 Å². The van der Waals surface area contributed by atoms with Crippen LogP contribution in [0, 0.1) is 0 Å². The molecule has 0 saturated carbocycles. The SMILES string of the molecule is CCc1ccc(OC)c(CCN(C)C(=O)O)c1. The Kier molecular flexibility index (Phi) is 4.82. The summed E-state index contributed by atoms with van der Waals surface area (Å²) in [7, 11) is 3.20. The molecule has 0 unspecified atom stereocenters. The van der Waals surface area contributed by atoms with Gasteiger partial charge in [0.2, 0.25) is 0 Å². The second kappa shape index (κ2) is 6.13. The molecule has 0 bridgehead atoms. The summed E-state index contributed by atoms with van der Waals surface area (Å²) in [5.74, 6) is 0.820. The third-order valence-electron chi connectivity index (χ3n) is 2.80. The van der Waals surface area contributed by atoms with E-state index in [4.69, 9.17) is 9.84 Å². The van der Waals surface area contributed by atoms with Crippen LogP contribution in [0.15, 0.2) is 18.2 Å². The molecular formula is C13H19NO3. The van der Waals surface area contributed by atoms with E-state index in [1.165, 1.54) is 10.5 Å². The first-order chi connectivity index (χ1) is 8.08. The number of hydrogen-bond acceptors (Lipinski definition) is 2. The lowest BCUT2D eigenvalue weighted by molar-refractivity contribution is 0.156. The maximum Gasteiger partial charge on any atom is 0.407 e. The molecule has 0 aliphatic heterocycles. The molecule has 0 atom stereocenters. The Balaban J connectivity index is 2.77. The molecule has 17 heavy (non-hydrogen) atoms. The summed E-state index contributed by atoms with van der Waals surface area (Å²) < 4.78 is 5.27. The zero-order valence-electron chi connectivity index (χ0n) is 10.6. The van der Waals surface area contributed by atoms with Crippen LogP contribution in [0.25, 0.3) is 0 Å². The minimum Gasteiger partial charge on any atom is -0.496 e. The Bertz CT molecular complexity index is 390. The van der Waals surface area contributed by atoms with Crippen LogP contribution in [-0.4, -0.2) is 36.8 Å². The van der Waals surface area contributed by atoms with E-state index in [0.717, 1.165) is 17.7 Å². The van der Waals surface area contributed by atoms with E-state index in [-0.39, 0.29) is 0 Å². The summed E-state index contributed by atoms with van der Waals surface area (Å²) in [5.41, 5.74) is 2.29. The highest BCUT2D eigenvalue weighted by Crippen LogP contribution is 2.20. The fourth-order valence-electron chi connectivity index (χ4n) is 1.63. The summed E-state index contributed by atoms with van der Waals surface area (Å²) in [6.07, 6.45) is 0.724. The third kappa shape index (κ3) is 3.66. The van der Waals surface area contributed by atoms with E-state index in [2.05, 4.69) is 13.0 Å². The monoisotopic (exact) mass is 237 g/mol. The van der Waals surface area contributed by atoms with Crippen molar-refractivity contribution in [3.8, 4) is 5.75 Å². The summed E-state index contributed by atoms with van der Waals surface area (Å²) in [6.45, 7) is 2.56. The van der Waals surface area contributed by atoms with Gasteiger partial charge in [-0.2, -0.15) is 0 Å². The Hall–Kier alpha value is -1.71. The quantitative estimate of drug-likeness (QED) is 0.855. The van der Waals surface area contributed by atoms with Gasteiger partial charge in [0.25, 0.3) is 0 Å². The molecule has 1 aromatic rings.